The van der Waals surface area contributed by atoms with Gasteiger partial charge in [0.05, 0.1) is 32.0 Å². The summed E-state index contributed by atoms with van der Waals surface area (Å²) in [4.78, 5) is 0. The number of hydrogen-bond acceptors (Lipinski definition) is 6. The first-order valence-corrected chi connectivity index (χ1v) is 13.2. The quantitative estimate of drug-likeness (QED) is 0.305. The molecule has 2 aliphatic heterocycles. The number of fused-ring (bicyclic) bond motifs is 1. The Kier molecular flexibility index (Phi) is 8.76. The molecule has 3 aromatic carbocycles. The molecule has 206 valence electrons. The normalized spacial score (nSPS) is 18.9. The van der Waals surface area contributed by atoms with Gasteiger partial charge in [0.15, 0.2) is 6.29 Å². The van der Waals surface area contributed by atoms with Crippen LogP contribution in [0.4, 0.5) is 8.78 Å². The molecule has 2 atom stereocenters. The highest BCUT2D eigenvalue weighted by Gasteiger charge is 2.33. The molecule has 39 heavy (non-hydrogen) atoms. The Balaban J connectivity index is 1.51. The van der Waals surface area contributed by atoms with E-state index in [1.807, 2.05) is 55.5 Å². The highest BCUT2D eigenvalue weighted by Crippen LogP contribution is 2.48. The lowest BCUT2D eigenvalue weighted by Crippen LogP contribution is -2.25. The third-order valence-electron chi connectivity index (χ3n) is 6.79. The molecular formula is C31H32F2O6. The van der Waals surface area contributed by atoms with Gasteiger partial charge in [0.2, 0.25) is 0 Å². The maximum atomic E-state index is 15.6. The van der Waals surface area contributed by atoms with Crippen LogP contribution in [-0.4, -0.2) is 44.4 Å². The van der Waals surface area contributed by atoms with Gasteiger partial charge in [-0.05, 0) is 49.1 Å². The first-order valence-electron chi connectivity index (χ1n) is 13.2. The second kappa shape index (κ2) is 12.6. The molecule has 1 fully saturated rings. The van der Waals surface area contributed by atoms with E-state index in [1.54, 1.807) is 0 Å². The molecule has 1 N–H and O–H groups in total. The number of halogens is 2. The maximum absolute atomic E-state index is 15.6. The topological polar surface area (TPSA) is 66.4 Å². The van der Waals surface area contributed by atoms with Crippen molar-refractivity contribution in [3.05, 3.63) is 89.0 Å². The largest absolute Gasteiger partial charge is 0.491 e. The lowest BCUT2D eigenvalue weighted by Gasteiger charge is -2.32. The van der Waals surface area contributed by atoms with Crippen molar-refractivity contribution in [2.75, 3.05) is 33.0 Å². The van der Waals surface area contributed by atoms with Crippen LogP contribution >= 0.6 is 0 Å². The third-order valence-corrected chi connectivity index (χ3v) is 6.79. The fraction of sp³-hybridized carbons (Fsp3) is 0.355. The first kappa shape index (κ1) is 27.1. The fourth-order valence-corrected chi connectivity index (χ4v) is 4.92. The van der Waals surface area contributed by atoms with Gasteiger partial charge in [0, 0.05) is 29.7 Å². The molecule has 0 saturated carbocycles. The van der Waals surface area contributed by atoms with Gasteiger partial charge in [-0.25, -0.2) is 8.78 Å². The summed E-state index contributed by atoms with van der Waals surface area (Å²) in [6.07, 6.45) is 1.81. The van der Waals surface area contributed by atoms with Crippen molar-refractivity contribution in [2.45, 2.75) is 38.6 Å². The lowest BCUT2D eigenvalue weighted by atomic mass is 9.85. The number of ether oxygens (including phenoxy) is 5. The van der Waals surface area contributed by atoms with Crippen LogP contribution in [0.5, 0.6) is 17.2 Å². The molecule has 5 rings (SSSR count). The van der Waals surface area contributed by atoms with Crippen LogP contribution in [0.25, 0.3) is 11.1 Å². The standard InChI is InChI=1S/C31H32F2O6/c1-20-24-17-22(38-28-9-5-6-13-37-28)10-11-27(24)39-31(21-7-3-2-4-8-21)29(20)30-25(32)18-23(19-26(30)33)36-16-15-35-14-12-34/h2-4,7-8,10-11,17-19,28,31,34H,5-6,9,12-16H2,1H3. The van der Waals surface area contributed by atoms with E-state index in [1.165, 1.54) is 12.1 Å². The van der Waals surface area contributed by atoms with E-state index >= 15 is 8.78 Å². The molecular weight excluding hydrogens is 506 g/mol. The van der Waals surface area contributed by atoms with Gasteiger partial charge in [0.1, 0.15) is 41.6 Å². The van der Waals surface area contributed by atoms with Crippen molar-refractivity contribution >= 4 is 11.1 Å². The van der Waals surface area contributed by atoms with E-state index in [0.29, 0.717) is 34.8 Å². The Morgan fingerprint density at radius 2 is 1.72 bits per heavy atom. The van der Waals surface area contributed by atoms with Gasteiger partial charge >= 0.3 is 0 Å². The second-order valence-corrected chi connectivity index (χ2v) is 9.47. The molecule has 2 aliphatic rings. The van der Waals surface area contributed by atoms with Crippen LogP contribution in [0.2, 0.25) is 0 Å². The average molecular weight is 539 g/mol. The number of allylic oxidation sites excluding steroid dienone is 1. The third kappa shape index (κ3) is 6.24. The zero-order valence-corrected chi connectivity index (χ0v) is 21.8. The van der Waals surface area contributed by atoms with Crippen LogP contribution in [0, 0.1) is 11.6 Å². The zero-order valence-electron chi connectivity index (χ0n) is 21.8. The Hall–Kier alpha value is -3.46. The molecule has 6 nitrogen and oxygen atoms in total. The van der Waals surface area contributed by atoms with Gasteiger partial charge in [0.25, 0.3) is 0 Å². The number of rotatable bonds is 10. The SMILES string of the molecule is CC1=C(c2c(F)cc(OCCOCCO)cc2F)C(c2ccccc2)Oc2ccc(OC3CCCCO3)cc21. The van der Waals surface area contributed by atoms with Gasteiger partial charge in [-0.3, -0.25) is 0 Å². The van der Waals surface area contributed by atoms with Crippen molar-refractivity contribution in [1.82, 2.24) is 0 Å². The highest BCUT2D eigenvalue weighted by atomic mass is 19.1. The molecule has 0 amide bonds. The maximum Gasteiger partial charge on any atom is 0.199 e. The summed E-state index contributed by atoms with van der Waals surface area (Å²) < 4.78 is 60.1. The molecule has 0 aliphatic carbocycles. The molecule has 0 aromatic heterocycles. The molecule has 8 heteroatoms. The van der Waals surface area contributed by atoms with E-state index in [4.69, 9.17) is 28.8 Å². The number of benzene rings is 3. The first-order chi connectivity index (χ1) is 19.0. The van der Waals surface area contributed by atoms with Gasteiger partial charge in [-0.1, -0.05) is 30.3 Å². The van der Waals surface area contributed by atoms with Crippen LogP contribution in [0.1, 0.15) is 49.0 Å². The van der Waals surface area contributed by atoms with Crippen molar-refractivity contribution in [3.63, 3.8) is 0 Å². The molecule has 0 spiro atoms. The number of hydrogen-bond donors (Lipinski definition) is 1. The average Bonchev–Trinajstić information content (AvgIpc) is 2.95. The Morgan fingerprint density at radius 3 is 2.44 bits per heavy atom. The van der Waals surface area contributed by atoms with E-state index < -0.39 is 17.7 Å². The van der Waals surface area contributed by atoms with E-state index in [2.05, 4.69) is 0 Å². The van der Waals surface area contributed by atoms with Crippen molar-refractivity contribution in [3.8, 4) is 17.2 Å². The Bertz CT molecular complexity index is 1280. The van der Waals surface area contributed by atoms with Crippen LogP contribution < -0.4 is 14.2 Å². The predicted octanol–water partition coefficient (Wildman–Crippen LogP) is 6.32. The van der Waals surface area contributed by atoms with Crippen LogP contribution in [0.3, 0.4) is 0 Å². The molecule has 3 aromatic rings. The predicted molar refractivity (Wildman–Crippen MR) is 143 cm³/mol. The van der Waals surface area contributed by atoms with Gasteiger partial charge in [-0.2, -0.15) is 0 Å². The van der Waals surface area contributed by atoms with Crippen molar-refractivity contribution < 1.29 is 37.6 Å². The van der Waals surface area contributed by atoms with E-state index in [0.717, 1.165) is 24.8 Å². The second-order valence-electron chi connectivity index (χ2n) is 9.47. The minimum Gasteiger partial charge on any atom is -0.491 e. The Labute approximate surface area is 226 Å². The number of aliphatic hydroxyl groups is 1. The summed E-state index contributed by atoms with van der Waals surface area (Å²) in [5, 5.41) is 8.79. The van der Waals surface area contributed by atoms with Gasteiger partial charge < -0.3 is 28.8 Å². The monoisotopic (exact) mass is 538 g/mol. The van der Waals surface area contributed by atoms with E-state index in [9.17, 15) is 0 Å². The summed E-state index contributed by atoms with van der Waals surface area (Å²) in [6.45, 7) is 2.84. The minimum atomic E-state index is -0.758. The lowest BCUT2D eigenvalue weighted by molar-refractivity contribution is -0.105. The summed E-state index contributed by atoms with van der Waals surface area (Å²) >= 11 is 0. The summed E-state index contributed by atoms with van der Waals surface area (Å²) in [5.74, 6) is -0.255. The summed E-state index contributed by atoms with van der Waals surface area (Å²) in [7, 11) is 0. The molecule has 0 radical (unpaired) electrons. The smallest absolute Gasteiger partial charge is 0.199 e. The van der Waals surface area contributed by atoms with E-state index in [-0.39, 0.29) is 44.0 Å². The molecule has 2 heterocycles. The Morgan fingerprint density at radius 1 is 0.923 bits per heavy atom. The zero-order chi connectivity index (χ0) is 27.2. The van der Waals surface area contributed by atoms with Gasteiger partial charge in [-0.15, -0.1) is 0 Å². The molecule has 1 saturated heterocycles. The fourth-order valence-electron chi connectivity index (χ4n) is 4.92. The van der Waals surface area contributed by atoms with Crippen molar-refractivity contribution in [1.29, 1.82) is 0 Å². The summed E-state index contributed by atoms with van der Waals surface area (Å²) in [5.41, 5.74) is 2.38. The summed E-state index contributed by atoms with van der Waals surface area (Å²) in [6, 6.07) is 17.2. The molecule has 0 bridgehead atoms. The minimum absolute atomic E-state index is 0.0520. The molecule has 2 unspecified atom stereocenters. The van der Waals surface area contributed by atoms with Crippen LogP contribution in [0.15, 0.2) is 60.7 Å². The van der Waals surface area contributed by atoms with Crippen LogP contribution in [-0.2, 0) is 9.47 Å². The van der Waals surface area contributed by atoms with Crippen molar-refractivity contribution in [2.24, 2.45) is 0 Å². The highest BCUT2D eigenvalue weighted by molar-refractivity contribution is 5.96. The number of aliphatic hydroxyl groups excluding tert-OH is 1.